The number of methoxy groups -OCH3 is 1. The predicted octanol–water partition coefficient (Wildman–Crippen LogP) is 2.03. The quantitative estimate of drug-likeness (QED) is 0.638. The van der Waals surface area contributed by atoms with Gasteiger partial charge in [0, 0.05) is 23.3 Å². The van der Waals surface area contributed by atoms with E-state index in [1.165, 1.54) is 38.4 Å². The second kappa shape index (κ2) is 6.96. The molecule has 0 aliphatic carbocycles. The Kier molecular flexibility index (Phi) is 4.84. The molecule has 0 N–H and O–H groups in total. The van der Waals surface area contributed by atoms with Crippen molar-refractivity contribution in [2.45, 2.75) is 13.5 Å². The highest BCUT2D eigenvalue weighted by molar-refractivity contribution is 6.31. The minimum atomic E-state index is -0.777. The van der Waals surface area contributed by atoms with Crippen molar-refractivity contribution in [1.82, 2.24) is 14.1 Å². The number of halogens is 2. The standard InChI is InChI=1S/C18H15ClFN3O4/c1-9-7-10(17(25)27-3)14-15(21-9)22(2)18(26)23(16(14)24)8-11-12(19)5-4-6-13(11)20/h4-7H,8H2,1-3H3. The normalized spacial score (nSPS) is 11.0. The van der Waals surface area contributed by atoms with E-state index in [1.54, 1.807) is 6.92 Å². The molecule has 0 radical (unpaired) electrons. The maximum absolute atomic E-state index is 14.1. The van der Waals surface area contributed by atoms with E-state index in [9.17, 15) is 18.8 Å². The van der Waals surface area contributed by atoms with E-state index in [0.717, 1.165) is 9.13 Å². The van der Waals surface area contributed by atoms with Gasteiger partial charge in [-0.05, 0) is 25.1 Å². The van der Waals surface area contributed by atoms with Crippen LogP contribution in [0, 0.1) is 12.7 Å². The number of nitrogens with zero attached hydrogens (tertiary/aromatic N) is 3. The fourth-order valence-corrected chi connectivity index (χ4v) is 3.08. The molecule has 140 valence electrons. The van der Waals surface area contributed by atoms with Crippen molar-refractivity contribution in [3.63, 3.8) is 0 Å². The number of benzene rings is 1. The van der Waals surface area contributed by atoms with Crippen molar-refractivity contribution in [2.24, 2.45) is 7.05 Å². The summed E-state index contributed by atoms with van der Waals surface area (Å²) in [6, 6.07) is 5.47. The number of ether oxygens (including phenoxy) is 1. The molecule has 0 unspecified atom stereocenters. The molecule has 0 saturated carbocycles. The number of pyridine rings is 1. The van der Waals surface area contributed by atoms with Crippen LogP contribution in [0.5, 0.6) is 0 Å². The molecule has 0 spiro atoms. The Labute approximate surface area is 157 Å². The molecule has 9 heteroatoms. The lowest BCUT2D eigenvalue weighted by molar-refractivity contribution is 0.0602. The van der Waals surface area contributed by atoms with Crippen molar-refractivity contribution in [1.29, 1.82) is 0 Å². The second-order valence-corrected chi connectivity index (χ2v) is 6.34. The van der Waals surface area contributed by atoms with Gasteiger partial charge in [-0.25, -0.2) is 19.0 Å². The molecule has 0 amide bonds. The summed E-state index contributed by atoms with van der Waals surface area (Å²) in [4.78, 5) is 42.1. The number of aryl methyl sites for hydroxylation is 2. The number of hydrogen-bond donors (Lipinski definition) is 0. The minimum Gasteiger partial charge on any atom is -0.465 e. The number of hydrogen-bond acceptors (Lipinski definition) is 5. The van der Waals surface area contributed by atoms with E-state index in [0.29, 0.717) is 5.69 Å². The number of esters is 1. The minimum absolute atomic E-state index is 0.00240. The molecule has 7 nitrogen and oxygen atoms in total. The third kappa shape index (κ3) is 3.12. The first-order chi connectivity index (χ1) is 12.8. The van der Waals surface area contributed by atoms with E-state index >= 15 is 0 Å². The third-order valence-corrected chi connectivity index (χ3v) is 4.56. The fraction of sp³-hybridized carbons (Fsp3) is 0.222. The zero-order chi connectivity index (χ0) is 19.9. The lowest BCUT2D eigenvalue weighted by atomic mass is 10.1. The summed E-state index contributed by atoms with van der Waals surface area (Å²) in [5.41, 5.74) is -1.03. The van der Waals surface area contributed by atoms with Crippen LogP contribution in [-0.2, 0) is 18.3 Å². The topological polar surface area (TPSA) is 83.2 Å². The first kappa shape index (κ1) is 18.8. The number of rotatable bonds is 3. The van der Waals surface area contributed by atoms with Crippen LogP contribution in [-0.4, -0.2) is 27.2 Å². The molecule has 1 aromatic carbocycles. The zero-order valence-corrected chi connectivity index (χ0v) is 15.5. The average molecular weight is 392 g/mol. The van der Waals surface area contributed by atoms with Gasteiger partial charge < -0.3 is 4.74 Å². The molecule has 0 atom stereocenters. The van der Waals surface area contributed by atoms with Crippen molar-refractivity contribution in [3.8, 4) is 0 Å². The SMILES string of the molecule is COC(=O)c1cc(C)nc2c1c(=O)n(Cc1c(F)cccc1Cl)c(=O)n2C. The predicted molar refractivity (Wildman–Crippen MR) is 97.8 cm³/mol. The summed E-state index contributed by atoms with van der Waals surface area (Å²) in [7, 11) is 2.60. The molecule has 3 aromatic rings. The van der Waals surface area contributed by atoms with E-state index in [1.807, 2.05) is 0 Å². The Hall–Kier alpha value is -3.00. The first-order valence-corrected chi connectivity index (χ1v) is 8.26. The molecule has 0 aliphatic rings. The van der Waals surface area contributed by atoms with Crippen molar-refractivity contribution in [2.75, 3.05) is 7.11 Å². The lowest BCUT2D eigenvalue weighted by Crippen LogP contribution is -2.40. The highest BCUT2D eigenvalue weighted by atomic mass is 35.5. The number of aromatic nitrogens is 3. The molecular formula is C18H15ClFN3O4. The monoisotopic (exact) mass is 391 g/mol. The summed E-state index contributed by atoms with van der Waals surface area (Å²) in [6.07, 6.45) is 0. The maximum atomic E-state index is 14.1. The van der Waals surface area contributed by atoms with Crippen LogP contribution < -0.4 is 11.2 Å². The van der Waals surface area contributed by atoms with Gasteiger partial charge in [0.05, 0.1) is 24.6 Å². The Balaban J connectivity index is 2.39. The Morgan fingerprint density at radius 1 is 1.33 bits per heavy atom. The van der Waals surface area contributed by atoms with Gasteiger partial charge in [-0.3, -0.25) is 13.9 Å². The fourth-order valence-electron chi connectivity index (χ4n) is 2.86. The molecule has 0 bridgehead atoms. The van der Waals surface area contributed by atoms with Crippen LogP contribution in [0.4, 0.5) is 4.39 Å². The molecule has 2 heterocycles. The van der Waals surface area contributed by atoms with E-state index < -0.39 is 23.0 Å². The number of fused-ring (bicyclic) bond motifs is 1. The summed E-state index contributed by atoms with van der Waals surface area (Å²) in [5, 5.41) is 0.00119. The average Bonchev–Trinajstić information content (AvgIpc) is 2.64. The third-order valence-electron chi connectivity index (χ3n) is 4.21. The highest BCUT2D eigenvalue weighted by Gasteiger charge is 2.21. The van der Waals surface area contributed by atoms with Crippen LogP contribution in [0.2, 0.25) is 5.02 Å². The van der Waals surface area contributed by atoms with Crippen molar-refractivity contribution in [3.05, 3.63) is 72.8 Å². The number of carbonyl (C=O) groups excluding carboxylic acids is 1. The van der Waals surface area contributed by atoms with Gasteiger partial charge in [-0.1, -0.05) is 17.7 Å². The van der Waals surface area contributed by atoms with Crippen LogP contribution in [0.3, 0.4) is 0 Å². The molecule has 2 aromatic heterocycles. The Morgan fingerprint density at radius 2 is 2.04 bits per heavy atom. The molecule has 0 aliphatic heterocycles. The highest BCUT2D eigenvalue weighted by Crippen LogP contribution is 2.20. The molecule has 0 fully saturated rings. The van der Waals surface area contributed by atoms with Crippen LogP contribution in [0.1, 0.15) is 21.6 Å². The smallest absolute Gasteiger partial charge is 0.338 e. The summed E-state index contributed by atoms with van der Waals surface area (Å²) >= 11 is 6.02. The van der Waals surface area contributed by atoms with E-state index in [4.69, 9.17) is 16.3 Å². The van der Waals surface area contributed by atoms with Gasteiger partial charge in [0.25, 0.3) is 5.56 Å². The molecule has 0 saturated heterocycles. The second-order valence-electron chi connectivity index (χ2n) is 5.93. The van der Waals surface area contributed by atoms with Gasteiger partial charge in [0.2, 0.25) is 0 Å². The summed E-state index contributed by atoms with van der Waals surface area (Å²) < 4.78 is 20.8. The zero-order valence-electron chi connectivity index (χ0n) is 14.7. The van der Waals surface area contributed by atoms with Gasteiger partial charge in [0.1, 0.15) is 11.5 Å². The Morgan fingerprint density at radius 3 is 2.67 bits per heavy atom. The van der Waals surface area contributed by atoms with E-state index in [-0.39, 0.29) is 33.7 Å². The number of carbonyl (C=O) groups is 1. The summed E-state index contributed by atoms with van der Waals surface area (Å²) in [6.45, 7) is 1.24. The van der Waals surface area contributed by atoms with Crippen molar-refractivity contribution < 1.29 is 13.9 Å². The van der Waals surface area contributed by atoms with Gasteiger partial charge in [-0.2, -0.15) is 0 Å². The lowest BCUT2D eigenvalue weighted by Gasteiger charge is -2.13. The van der Waals surface area contributed by atoms with Crippen LogP contribution in [0.25, 0.3) is 11.0 Å². The van der Waals surface area contributed by atoms with Gasteiger partial charge in [0.15, 0.2) is 0 Å². The van der Waals surface area contributed by atoms with Gasteiger partial charge >= 0.3 is 11.7 Å². The molecule has 27 heavy (non-hydrogen) atoms. The van der Waals surface area contributed by atoms with Crippen molar-refractivity contribution >= 4 is 28.6 Å². The van der Waals surface area contributed by atoms with Gasteiger partial charge in [-0.15, -0.1) is 0 Å². The largest absolute Gasteiger partial charge is 0.465 e. The van der Waals surface area contributed by atoms with Crippen LogP contribution >= 0.6 is 11.6 Å². The van der Waals surface area contributed by atoms with Crippen LogP contribution in [0.15, 0.2) is 33.9 Å². The Bertz CT molecular complexity index is 1180. The molecule has 3 rings (SSSR count). The summed E-state index contributed by atoms with van der Waals surface area (Å²) in [5.74, 6) is -1.39. The first-order valence-electron chi connectivity index (χ1n) is 7.88. The molecular weight excluding hydrogens is 377 g/mol. The maximum Gasteiger partial charge on any atom is 0.338 e. The van der Waals surface area contributed by atoms with E-state index in [2.05, 4.69) is 4.98 Å².